The minimum atomic E-state index is -1.32. The molecule has 0 saturated carbocycles. The summed E-state index contributed by atoms with van der Waals surface area (Å²) in [5.74, 6) is -2.14. The van der Waals surface area contributed by atoms with Crippen LogP contribution in [0.4, 0.5) is 5.69 Å². The highest BCUT2D eigenvalue weighted by Crippen LogP contribution is 2.26. The number of hydrogen-bond donors (Lipinski definition) is 3. The fraction of sp³-hybridized carbons (Fsp3) is 0.111. The van der Waals surface area contributed by atoms with Crippen LogP contribution in [-0.4, -0.2) is 22.0 Å². The Bertz CT molecular complexity index is 412. The minimum absolute atomic E-state index is 0.116. The maximum atomic E-state index is 11.0. The molecule has 0 radical (unpaired) electrons. The van der Waals surface area contributed by atoms with E-state index in [4.69, 9.17) is 10.8 Å². The molecule has 74 valence electrons. The fourth-order valence-corrected chi connectivity index (χ4v) is 1.02. The molecule has 1 aromatic carbocycles. The number of nitrogen functional groups attached to an aromatic ring is 1. The normalized spacial score (nSPS) is 9.79. The number of nitrogens with two attached hydrogens (primary N) is 1. The lowest BCUT2D eigenvalue weighted by Crippen LogP contribution is -2.03. The van der Waals surface area contributed by atoms with E-state index < -0.39 is 11.7 Å². The number of carbonyl (C=O) groups excluding carboxylic acids is 1. The van der Waals surface area contributed by atoms with Gasteiger partial charge in [0.05, 0.1) is 5.69 Å². The summed E-state index contributed by atoms with van der Waals surface area (Å²) in [4.78, 5) is 21.6. The molecule has 1 rings (SSSR count). The zero-order chi connectivity index (χ0) is 10.9. The van der Waals surface area contributed by atoms with Gasteiger partial charge in [0.1, 0.15) is 5.56 Å². The van der Waals surface area contributed by atoms with Gasteiger partial charge in [0.15, 0.2) is 11.5 Å². The number of anilines is 1. The first kappa shape index (κ1) is 10.0. The van der Waals surface area contributed by atoms with Gasteiger partial charge in [-0.05, 0) is 19.1 Å². The number of phenols is 1. The molecule has 0 spiro atoms. The van der Waals surface area contributed by atoms with E-state index in [-0.39, 0.29) is 22.6 Å². The quantitative estimate of drug-likeness (QED) is 0.369. The number of carboxylic acid groups (broad SMARTS) is 1. The molecule has 0 heterocycles. The van der Waals surface area contributed by atoms with Crippen molar-refractivity contribution >= 4 is 17.4 Å². The van der Waals surface area contributed by atoms with Crippen LogP contribution in [0.25, 0.3) is 0 Å². The van der Waals surface area contributed by atoms with Crippen LogP contribution in [0.3, 0.4) is 0 Å². The molecule has 0 unspecified atom stereocenters. The third-order valence-electron chi connectivity index (χ3n) is 1.78. The van der Waals surface area contributed by atoms with Gasteiger partial charge in [0.2, 0.25) is 0 Å². The topological polar surface area (TPSA) is 101 Å². The molecular formula is C9H9NO4. The van der Waals surface area contributed by atoms with E-state index in [0.29, 0.717) is 0 Å². The predicted octanol–water partition coefficient (Wildman–Crippen LogP) is 0.875. The van der Waals surface area contributed by atoms with Crippen LogP contribution >= 0.6 is 0 Å². The molecule has 5 heteroatoms. The smallest absolute Gasteiger partial charge is 0.339 e. The average Bonchev–Trinajstić information content (AvgIpc) is 2.08. The van der Waals surface area contributed by atoms with Crippen LogP contribution in [0.5, 0.6) is 5.75 Å². The van der Waals surface area contributed by atoms with Gasteiger partial charge in [-0.15, -0.1) is 0 Å². The number of ketones is 1. The number of carboxylic acids is 1. The van der Waals surface area contributed by atoms with E-state index in [0.717, 1.165) is 6.07 Å². The summed E-state index contributed by atoms with van der Waals surface area (Å²) < 4.78 is 0. The molecule has 0 aliphatic heterocycles. The Hall–Kier alpha value is -2.04. The molecular weight excluding hydrogens is 186 g/mol. The van der Waals surface area contributed by atoms with E-state index in [1.807, 2.05) is 0 Å². The number of rotatable bonds is 2. The van der Waals surface area contributed by atoms with Crippen LogP contribution in [0.15, 0.2) is 12.1 Å². The fourth-order valence-electron chi connectivity index (χ4n) is 1.02. The molecule has 1 aromatic rings. The summed E-state index contributed by atoms with van der Waals surface area (Å²) in [6, 6.07) is 2.33. The van der Waals surface area contributed by atoms with E-state index >= 15 is 0 Å². The van der Waals surface area contributed by atoms with Gasteiger partial charge in [-0.1, -0.05) is 0 Å². The number of aromatic hydroxyl groups is 1. The van der Waals surface area contributed by atoms with Crippen LogP contribution < -0.4 is 5.73 Å². The van der Waals surface area contributed by atoms with Gasteiger partial charge in [0, 0.05) is 5.56 Å². The highest BCUT2D eigenvalue weighted by molar-refractivity contribution is 6.00. The molecule has 0 aromatic heterocycles. The monoisotopic (exact) mass is 195 g/mol. The number of benzene rings is 1. The number of aromatic carboxylic acids is 1. The highest BCUT2D eigenvalue weighted by atomic mass is 16.4. The summed E-state index contributed by atoms with van der Waals surface area (Å²) in [5, 5.41) is 17.9. The third-order valence-corrected chi connectivity index (χ3v) is 1.78. The van der Waals surface area contributed by atoms with Gasteiger partial charge in [-0.25, -0.2) is 4.79 Å². The minimum Gasteiger partial charge on any atom is -0.505 e. The Balaban J connectivity index is 3.43. The Kier molecular flexibility index (Phi) is 2.42. The molecule has 0 saturated heterocycles. The van der Waals surface area contributed by atoms with Gasteiger partial charge < -0.3 is 15.9 Å². The van der Waals surface area contributed by atoms with Gasteiger partial charge in [0.25, 0.3) is 0 Å². The van der Waals surface area contributed by atoms with E-state index in [1.165, 1.54) is 13.0 Å². The highest BCUT2D eigenvalue weighted by Gasteiger charge is 2.15. The molecule has 14 heavy (non-hydrogen) atoms. The van der Waals surface area contributed by atoms with Gasteiger partial charge >= 0.3 is 5.97 Å². The number of hydrogen-bond acceptors (Lipinski definition) is 4. The lowest BCUT2D eigenvalue weighted by atomic mass is 10.1. The van der Waals surface area contributed by atoms with Crippen LogP contribution in [-0.2, 0) is 0 Å². The van der Waals surface area contributed by atoms with E-state index in [2.05, 4.69) is 0 Å². The van der Waals surface area contributed by atoms with Crippen molar-refractivity contribution in [3.8, 4) is 5.75 Å². The Labute approximate surface area is 79.8 Å². The van der Waals surface area contributed by atoms with Crippen LogP contribution in [0.1, 0.15) is 27.6 Å². The molecule has 0 aliphatic rings. The lowest BCUT2D eigenvalue weighted by molar-refractivity contribution is 0.0694. The molecule has 0 atom stereocenters. The molecule has 0 amide bonds. The second-order valence-electron chi connectivity index (χ2n) is 2.82. The molecule has 4 N–H and O–H groups in total. The summed E-state index contributed by atoms with van der Waals surface area (Å²) in [6.07, 6.45) is 0. The Morgan fingerprint density at radius 3 is 2.36 bits per heavy atom. The zero-order valence-electron chi connectivity index (χ0n) is 7.44. The largest absolute Gasteiger partial charge is 0.505 e. The van der Waals surface area contributed by atoms with Crippen molar-refractivity contribution in [1.29, 1.82) is 0 Å². The van der Waals surface area contributed by atoms with Gasteiger partial charge in [-0.2, -0.15) is 0 Å². The molecule has 0 fully saturated rings. The predicted molar refractivity (Wildman–Crippen MR) is 49.5 cm³/mol. The SMILES string of the molecule is CC(=O)c1cc(N)c(O)c(C(=O)O)c1. The van der Waals surface area contributed by atoms with Crippen molar-refractivity contribution in [3.63, 3.8) is 0 Å². The summed E-state index contributed by atoms with van der Waals surface area (Å²) >= 11 is 0. The maximum Gasteiger partial charge on any atom is 0.339 e. The third kappa shape index (κ3) is 1.66. The molecule has 0 bridgehead atoms. The van der Waals surface area contributed by atoms with Crippen molar-refractivity contribution in [2.75, 3.05) is 5.73 Å². The molecule has 0 aliphatic carbocycles. The standard InChI is InChI=1S/C9H9NO4/c1-4(11)5-2-6(9(13)14)8(12)7(10)3-5/h2-3,12H,10H2,1H3,(H,13,14). The van der Waals surface area contributed by atoms with Crippen molar-refractivity contribution in [2.45, 2.75) is 6.92 Å². The van der Waals surface area contributed by atoms with Crippen molar-refractivity contribution in [2.24, 2.45) is 0 Å². The second kappa shape index (κ2) is 3.37. The van der Waals surface area contributed by atoms with E-state index in [9.17, 15) is 14.7 Å². The Morgan fingerprint density at radius 1 is 1.36 bits per heavy atom. The second-order valence-corrected chi connectivity index (χ2v) is 2.82. The molecule has 5 nitrogen and oxygen atoms in total. The van der Waals surface area contributed by atoms with Gasteiger partial charge in [-0.3, -0.25) is 4.79 Å². The number of carbonyl (C=O) groups is 2. The summed E-state index contributed by atoms with van der Waals surface area (Å²) in [6.45, 7) is 1.29. The van der Waals surface area contributed by atoms with Crippen molar-refractivity contribution in [1.82, 2.24) is 0 Å². The van der Waals surface area contributed by atoms with Crippen LogP contribution in [0.2, 0.25) is 0 Å². The van der Waals surface area contributed by atoms with Crippen LogP contribution in [0, 0.1) is 0 Å². The first-order valence-electron chi connectivity index (χ1n) is 3.80. The number of Topliss-reactive ketones (excluding diaryl/α,β-unsaturated/α-hetero) is 1. The van der Waals surface area contributed by atoms with Crippen molar-refractivity contribution in [3.05, 3.63) is 23.3 Å². The lowest BCUT2D eigenvalue weighted by Gasteiger charge is -2.05. The average molecular weight is 195 g/mol. The zero-order valence-corrected chi connectivity index (χ0v) is 7.44. The first-order valence-corrected chi connectivity index (χ1v) is 3.80. The first-order chi connectivity index (χ1) is 6.43. The van der Waals surface area contributed by atoms with E-state index in [1.54, 1.807) is 0 Å². The summed E-state index contributed by atoms with van der Waals surface area (Å²) in [5.41, 5.74) is 5.01. The van der Waals surface area contributed by atoms with Crippen molar-refractivity contribution < 1.29 is 19.8 Å². The Morgan fingerprint density at radius 2 is 1.93 bits per heavy atom. The summed E-state index contributed by atoms with van der Waals surface area (Å²) in [7, 11) is 0. The maximum absolute atomic E-state index is 11.0.